The quantitative estimate of drug-likeness (QED) is 0.490. The number of para-hydroxylation sites is 1. The van der Waals surface area contributed by atoms with E-state index >= 15 is 0 Å². The van der Waals surface area contributed by atoms with E-state index in [4.69, 9.17) is 9.97 Å². The van der Waals surface area contributed by atoms with Gasteiger partial charge in [-0.3, -0.25) is 4.98 Å². The molecule has 124 valence electrons. The number of nitrogens with zero attached hydrogens (tertiary/aromatic N) is 3. The molecule has 0 saturated heterocycles. The monoisotopic (exact) mass is 337 g/mol. The molecule has 0 saturated carbocycles. The Kier molecular flexibility index (Phi) is 3.35. The van der Waals surface area contributed by atoms with E-state index < -0.39 is 0 Å². The lowest BCUT2D eigenvalue weighted by atomic mass is 10.2. The lowest BCUT2D eigenvalue weighted by Gasteiger charge is -2.11. The summed E-state index contributed by atoms with van der Waals surface area (Å²) >= 11 is 0. The number of aromatic amines is 1. The summed E-state index contributed by atoms with van der Waals surface area (Å²) in [6.07, 6.45) is 5.44. The van der Waals surface area contributed by atoms with Crippen molar-refractivity contribution in [3.63, 3.8) is 0 Å². The van der Waals surface area contributed by atoms with E-state index in [1.54, 1.807) is 12.4 Å². The number of pyridine rings is 1. The van der Waals surface area contributed by atoms with Crippen LogP contribution in [-0.2, 0) is 0 Å². The van der Waals surface area contributed by atoms with E-state index in [0.717, 1.165) is 38.9 Å². The number of fused-ring (bicyclic) bond motifs is 2. The van der Waals surface area contributed by atoms with Gasteiger partial charge < -0.3 is 10.3 Å². The number of anilines is 2. The summed E-state index contributed by atoms with van der Waals surface area (Å²) in [4.78, 5) is 16.8. The fourth-order valence-electron chi connectivity index (χ4n) is 3.07. The van der Waals surface area contributed by atoms with E-state index in [-0.39, 0.29) is 0 Å². The first-order valence-corrected chi connectivity index (χ1v) is 8.38. The molecule has 2 aromatic carbocycles. The molecule has 0 atom stereocenters. The van der Waals surface area contributed by atoms with Crippen LogP contribution in [0.3, 0.4) is 0 Å². The van der Waals surface area contributed by atoms with Crippen molar-refractivity contribution in [2.45, 2.75) is 0 Å². The van der Waals surface area contributed by atoms with Gasteiger partial charge in [-0.1, -0.05) is 12.1 Å². The minimum Gasteiger partial charge on any atom is -0.361 e. The summed E-state index contributed by atoms with van der Waals surface area (Å²) < 4.78 is 0. The van der Waals surface area contributed by atoms with Gasteiger partial charge in [0.1, 0.15) is 5.82 Å². The van der Waals surface area contributed by atoms with Crippen LogP contribution in [0.4, 0.5) is 11.5 Å². The number of hydrogen-bond donors (Lipinski definition) is 2. The van der Waals surface area contributed by atoms with Crippen molar-refractivity contribution in [1.82, 2.24) is 19.9 Å². The Bertz CT molecular complexity index is 1210. The fourth-order valence-corrected chi connectivity index (χ4v) is 3.07. The minimum absolute atomic E-state index is 0.677. The SMILES string of the molecule is c1ccc2c(Nc3ccc4[nH]ccc4c3)nc(-c3ccncc3)nc2c1. The van der Waals surface area contributed by atoms with Crippen LogP contribution in [0.15, 0.2) is 79.3 Å². The first-order valence-electron chi connectivity index (χ1n) is 8.38. The van der Waals surface area contributed by atoms with Crippen LogP contribution in [0.25, 0.3) is 33.2 Å². The third-order valence-corrected chi connectivity index (χ3v) is 4.36. The Hall–Kier alpha value is -3.73. The Labute approximate surface area is 149 Å². The highest BCUT2D eigenvalue weighted by molar-refractivity contribution is 5.93. The maximum absolute atomic E-state index is 4.78. The highest BCUT2D eigenvalue weighted by Gasteiger charge is 2.10. The number of H-pyrrole nitrogens is 1. The largest absolute Gasteiger partial charge is 0.361 e. The molecule has 0 aliphatic rings. The average molecular weight is 337 g/mol. The molecule has 5 aromatic rings. The molecular formula is C21H15N5. The van der Waals surface area contributed by atoms with Crippen LogP contribution < -0.4 is 5.32 Å². The molecule has 0 fully saturated rings. The molecule has 0 amide bonds. The number of aromatic nitrogens is 4. The van der Waals surface area contributed by atoms with E-state index in [1.807, 2.05) is 48.7 Å². The second-order valence-corrected chi connectivity index (χ2v) is 6.05. The molecule has 3 heterocycles. The van der Waals surface area contributed by atoms with Crippen LogP contribution in [0.5, 0.6) is 0 Å². The highest BCUT2D eigenvalue weighted by atomic mass is 15.0. The van der Waals surface area contributed by atoms with Gasteiger partial charge in [0.25, 0.3) is 0 Å². The van der Waals surface area contributed by atoms with Gasteiger partial charge in [0.2, 0.25) is 0 Å². The zero-order chi connectivity index (χ0) is 17.3. The number of benzene rings is 2. The Balaban J connectivity index is 1.65. The number of rotatable bonds is 3. The lowest BCUT2D eigenvalue weighted by molar-refractivity contribution is 1.21. The summed E-state index contributed by atoms with van der Waals surface area (Å²) in [5.74, 6) is 1.47. The van der Waals surface area contributed by atoms with Gasteiger partial charge in [-0.25, -0.2) is 9.97 Å². The predicted molar refractivity (Wildman–Crippen MR) is 104 cm³/mol. The molecule has 5 nitrogen and oxygen atoms in total. The number of hydrogen-bond acceptors (Lipinski definition) is 4. The van der Waals surface area contributed by atoms with Gasteiger partial charge in [0.15, 0.2) is 5.82 Å². The molecule has 0 spiro atoms. The smallest absolute Gasteiger partial charge is 0.162 e. The molecule has 0 aliphatic heterocycles. The fraction of sp³-hybridized carbons (Fsp3) is 0. The van der Waals surface area contributed by atoms with Gasteiger partial charge in [-0.05, 0) is 48.5 Å². The normalized spacial score (nSPS) is 11.1. The van der Waals surface area contributed by atoms with Gasteiger partial charge in [-0.2, -0.15) is 0 Å². The second-order valence-electron chi connectivity index (χ2n) is 6.05. The third-order valence-electron chi connectivity index (χ3n) is 4.36. The van der Waals surface area contributed by atoms with Crippen molar-refractivity contribution in [3.8, 4) is 11.4 Å². The molecule has 5 heteroatoms. The average Bonchev–Trinajstić information content (AvgIpc) is 3.16. The summed E-state index contributed by atoms with van der Waals surface area (Å²) in [5.41, 5.74) is 3.94. The molecular weight excluding hydrogens is 322 g/mol. The topological polar surface area (TPSA) is 66.5 Å². The number of nitrogens with one attached hydrogen (secondary N) is 2. The maximum atomic E-state index is 4.78. The van der Waals surface area contributed by atoms with Crippen molar-refractivity contribution in [2.75, 3.05) is 5.32 Å². The van der Waals surface area contributed by atoms with E-state index in [1.165, 1.54) is 0 Å². The molecule has 2 N–H and O–H groups in total. The predicted octanol–water partition coefficient (Wildman–Crippen LogP) is 4.92. The summed E-state index contributed by atoms with van der Waals surface area (Å²) in [6, 6.07) is 20.1. The highest BCUT2D eigenvalue weighted by Crippen LogP contribution is 2.28. The van der Waals surface area contributed by atoms with Crippen molar-refractivity contribution in [2.24, 2.45) is 0 Å². The molecule has 0 bridgehead atoms. The van der Waals surface area contributed by atoms with Gasteiger partial charge in [0, 0.05) is 46.1 Å². The van der Waals surface area contributed by atoms with Gasteiger partial charge >= 0.3 is 0 Å². The third kappa shape index (κ3) is 2.56. The zero-order valence-corrected chi connectivity index (χ0v) is 13.8. The van der Waals surface area contributed by atoms with E-state index in [2.05, 4.69) is 33.5 Å². The van der Waals surface area contributed by atoms with Crippen LogP contribution >= 0.6 is 0 Å². The van der Waals surface area contributed by atoms with Crippen LogP contribution in [0.1, 0.15) is 0 Å². The molecule has 5 rings (SSSR count). The Morgan fingerprint density at radius 2 is 1.73 bits per heavy atom. The molecule has 0 radical (unpaired) electrons. The van der Waals surface area contributed by atoms with Crippen molar-refractivity contribution in [1.29, 1.82) is 0 Å². The van der Waals surface area contributed by atoms with E-state index in [9.17, 15) is 0 Å². The van der Waals surface area contributed by atoms with Crippen LogP contribution in [-0.4, -0.2) is 19.9 Å². The summed E-state index contributed by atoms with van der Waals surface area (Å²) in [7, 11) is 0. The summed E-state index contributed by atoms with van der Waals surface area (Å²) in [5, 5.41) is 5.60. The molecule has 0 unspecified atom stereocenters. The van der Waals surface area contributed by atoms with Gasteiger partial charge in [0.05, 0.1) is 5.52 Å². The van der Waals surface area contributed by atoms with Gasteiger partial charge in [-0.15, -0.1) is 0 Å². The maximum Gasteiger partial charge on any atom is 0.162 e. The van der Waals surface area contributed by atoms with Crippen LogP contribution in [0, 0.1) is 0 Å². The first kappa shape index (κ1) is 14.6. The second kappa shape index (κ2) is 5.97. The minimum atomic E-state index is 0.677. The Morgan fingerprint density at radius 1 is 0.846 bits per heavy atom. The van der Waals surface area contributed by atoms with E-state index in [0.29, 0.717) is 5.82 Å². The first-order chi connectivity index (χ1) is 12.9. The lowest BCUT2D eigenvalue weighted by Crippen LogP contribution is -1.99. The van der Waals surface area contributed by atoms with Crippen molar-refractivity contribution < 1.29 is 0 Å². The molecule has 26 heavy (non-hydrogen) atoms. The molecule has 0 aliphatic carbocycles. The Morgan fingerprint density at radius 3 is 2.65 bits per heavy atom. The zero-order valence-electron chi connectivity index (χ0n) is 13.8. The molecule has 3 aromatic heterocycles. The van der Waals surface area contributed by atoms with Crippen LogP contribution in [0.2, 0.25) is 0 Å². The van der Waals surface area contributed by atoms with Crippen molar-refractivity contribution >= 4 is 33.3 Å². The summed E-state index contributed by atoms with van der Waals surface area (Å²) in [6.45, 7) is 0. The van der Waals surface area contributed by atoms with Crippen molar-refractivity contribution in [3.05, 3.63) is 79.3 Å². The standard InChI is InChI=1S/C21H15N5/c1-2-4-19-17(3-1)21(26-20(25-19)14-7-10-22-11-8-14)24-16-5-6-18-15(13-16)9-12-23-18/h1-13,23H,(H,24,25,26).